The molecule has 0 amide bonds. The number of rotatable bonds is 12. The second-order valence-corrected chi connectivity index (χ2v) is 6.43. The average molecular weight is 388 g/mol. The third-order valence-corrected chi connectivity index (χ3v) is 3.94. The summed E-state index contributed by atoms with van der Waals surface area (Å²) in [6, 6.07) is 0. The molecule has 3 nitrogen and oxygen atoms in total. The summed E-state index contributed by atoms with van der Waals surface area (Å²) < 4.78 is 10.6. The van der Waals surface area contributed by atoms with E-state index in [0.29, 0.717) is 0 Å². The van der Waals surface area contributed by atoms with Crippen LogP contribution in [0.3, 0.4) is 0 Å². The van der Waals surface area contributed by atoms with Crippen LogP contribution in [0.5, 0.6) is 0 Å². The van der Waals surface area contributed by atoms with Crippen LogP contribution in [0, 0.1) is 0 Å². The zero-order valence-corrected chi connectivity index (χ0v) is 14.6. The quantitative estimate of drug-likeness (QED) is 0.302. The van der Waals surface area contributed by atoms with E-state index in [0.717, 1.165) is 25.7 Å². The van der Waals surface area contributed by atoms with Crippen molar-refractivity contribution in [2.24, 2.45) is 0 Å². The molecule has 2 atom stereocenters. The van der Waals surface area contributed by atoms with Crippen LogP contribution in [0.4, 0.5) is 0 Å². The van der Waals surface area contributed by atoms with Crippen molar-refractivity contribution in [3.63, 3.8) is 0 Å². The van der Waals surface area contributed by atoms with Crippen LogP contribution in [0.2, 0.25) is 0 Å². The normalized spacial score (nSPS) is 14.5. The maximum atomic E-state index is 9.60. The van der Waals surface area contributed by atoms with Crippen LogP contribution in [0.1, 0.15) is 65.2 Å². The van der Waals surface area contributed by atoms with E-state index in [-0.39, 0.29) is 10.0 Å². The molecule has 2 unspecified atom stereocenters. The van der Waals surface area contributed by atoms with Crippen molar-refractivity contribution in [2.45, 2.75) is 75.2 Å². The molecule has 18 heavy (non-hydrogen) atoms. The monoisotopic (exact) mass is 386 g/mol. The van der Waals surface area contributed by atoms with Crippen molar-refractivity contribution < 1.29 is 14.3 Å². The second-order valence-electron chi connectivity index (χ2n) is 4.39. The first-order chi connectivity index (χ1) is 8.60. The second kappa shape index (κ2) is 12.9. The zero-order chi connectivity index (χ0) is 13.8. The molecule has 1 N–H and O–H groups in total. The topological polar surface area (TPSA) is 38.7 Å². The molecule has 0 aliphatic rings. The van der Waals surface area contributed by atoms with Gasteiger partial charge in [-0.3, -0.25) is 0 Å². The van der Waals surface area contributed by atoms with Crippen molar-refractivity contribution >= 4 is 39.2 Å². The van der Waals surface area contributed by atoms with Crippen LogP contribution in [0.15, 0.2) is 0 Å². The number of alkyl halides is 2. The van der Waals surface area contributed by atoms with Gasteiger partial charge in [0.2, 0.25) is 0 Å². The highest BCUT2D eigenvalue weighted by atomic mass is 79.9. The molecule has 0 saturated heterocycles. The molecule has 0 heterocycles. The van der Waals surface area contributed by atoms with Crippen molar-refractivity contribution in [3.8, 4) is 0 Å². The van der Waals surface area contributed by atoms with E-state index >= 15 is 0 Å². The van der Waals surface area contributed by atoms with E-state index in [1.165, 1.54) is 25.7 Å². The van der Waals surface area contributed by atoms with Gasteiger partial charge in [-0.25, -0.2) is 0 Å². The Labute approximate surface area is 128 Å². The first-order valence-corrected chi connectivity index (χ1v) is 8.70. The molecule has 0 aliphatic carbocycles. The fourth-order valence-corrected chi connectivity index (χ4v) is 2.55. The minimum Gasteiger partial charge on any atom is -0.402 e. The molecule has 0 aromatic carbocycles. The Morgan fingerprint density at radius 1 is 0.889 bits per heavy atom. The van der Waals surface area contributed by atoms with Crippen LogP contribution in [-0.4, -0.2) is 22.4 Å². The molecule has 0 fully saturated rings. The molecular weight excluding hydrogens is 363 g/mol. The van der Waals surface area contributed by atoms with E-state index in [2.05, 4.69) is 45.7 Å². The van der Waals surface area contributed by atoms with Gasteiger partial charge in [-0.1, -0.05) is 84.2 Å². The lowest BCUT2D eigenvalue weighted by Gasteiger charge is -2.17. The Morgan fingerprint density at radius 3 is 1.61 bits per heavy atom. The van der Waals surface area contributed by atoms with Crippen molar-refractivity contribution in [1.29, 1.82) is 0 Å². The highest BCUT2D eigenvalue weighted by Crippen LogP contribution is 2.17. The fraction of sp³-hybridized carbons (Fsp3) is 1.00. The third-order valence-electron chi connectivity index (χ3n) is 2.60. The van der Waals surface area contributed by atoms with Crippen molar-refractivity contribution in [2.75, 3.05) is 0 Å². The highest BCUT2D eigenvalue weighted by molar-refractivity contribution is 9.09. The fourth-order valence-electron chi connectivity index (χ4n) is 1.53. The molecule has 0 bridgehead atoms. The summed E-state index contributed by atoms with van der Waals surface area (Å²) in [4.78, 5) is 0. The SMILES string of the molecule is CCCCCC(Br)OB(O)OC(Br)CCCCC. The summed E-state index contributed by atoms with van der Waals surface area (Å²) in [5, 5.41) is 9.31. The summed E-state index contributed by atoms with van der Waals surface area (Å²) in [6.45, 7) is 4.32. The van der Waals surface area contributed by atoms with Gasteiger partial charge in [-0.15, -0.1) is 0 Å². The third kappa shape index (κ3) is 12.0. The first kappa shape index (κ1) is 18.9. The Hall–Kier alpha value is 0.905. The average Bonchev–Trinajstić information content (AvgIpc) is 2.29. The summed E-state index contributed by atoms with van der Waals surface area (Å²) in [7, 11) is -1.16. The lowest BCUT2D eigenvalue weighted by atomic mass is 10.2. The van der Waals surface area contributed by atoms with E-state index in [9.17, 15) is 5.02 Å². The van der Waals surface area contributed by atoms with Crippen LogP contribution >= 0.6 is 31.9 Å². The molecule has 108 valence electrons. The maximum Gasteiger partial charge on any atom is 0.638 e. The number of hydrogen-bond acceptors (Lipinski definition) is 3. The molecule has 0 aromatic rings. The first-order valence-electron chi connectivity index (χ1n) is 6.87. The maximum absolute atomic E-state index is 9.60. The Bertz CT molecular complexity index is 169. The molecule has 0 aliphatic heterocycles. The van der Waals surface area contributed by atoms with Crippen LogP contribution in [-0.2, 0) is 9.31 Å². The van der Waals surface area contributed by atoms with Gasteiger partial charge in [-0.2, -0.15) is 0 Å². The van der Waals surface area contributed by atoms with E-state index < -0.39 is 7.32 Å². The van der Waals surface area contributed by atoms with Gasteiger partial charge in [0, 0.05) is 0 Å². The Morgan fingerprint density at radius 2 is 1.28 bits per heavy atom. The van der Waals surface area contributed by atoms with Gasteiger partial charge in [-0.05, 0) is 12.8 Å². The standard InChI is InChI=1S/C12H25BBr2O3/c1-3-5-7-9-11(14)17-13(16)18-12(15)10-8-6-4-2/h11-12,16H,3-10H2,1-2H3. The molecule has 0 spiro atoms. The van der Waals surface area contributed by atoms with Crippen molar-refractivity contribution in [1.82, 2.24) is 0 Å². The molecular formula is C12H25BBr2O3. The number of halogens is 2. The van der Waals surface area contributed by atoms with Gasteiger partial charge < -0.3 is 14.3 Å². The summed E-state index contributed by atoms with van der Waals surface area (Å²) in [5.41, 5.74) is 0. The number of hydrogen-bond donors (Lipinski definition) is 1. The summed E-state index contributed by atoms with van der Waals surface area (Å²) in [5.74, 6) is 0. The lowest BCUT2D eigenvalue weighted by molar-refractivity contribution is 0.109. The molecule has 6 heteroatoms. The number of unbranched alkanes of at least 4 members (excludes halogenated alkanes) is 4. The van der Waals surface area contributed by atoms with Gasteiger partial charge in [0.1, 0.15) is 10.0 Å². The van der Waals surface area contributed by atoms with Crippen molar-refractivity contribution in [3.05, 3.63) is 0 Å². The lowest BCUT2D eigenvalue weighted by Crippen LogP contribution is -2.29. The van der Waals surface area contributed by atoms with Gasteiger partial charge in [0.25, 0.3) is 0 Å². The minimum atomic E-state index is -1.16. The van der Waals surface area contributed by atoms with Crippen LogP contribution in [0.25, 0.3) is 0 Å². The largest absolute Gasteiger partial charge is 0.638 e. The smallest absolute Gasteiger partial charge is 0.402 e. The Kier molecular flexibility index (Phi) is 13.6. The molecule has 0 saturated carbocycles. The Balaban J connectivity index is 3.58. The van der Waals surface area contributed by atoms with E-state index in [1.807, 2.05) is 0 Å². The van der Waals surface area contributed by atoms with E-state index in [4.69, 9.17) is 9.31 Å². The van der Waals surface area contributed by atoms with Gasteiger partial charge in [0.05, 0.1) is 0 Å². The highest BCUT2D eigenvalue weighted by Gasteiger charge is 2.23. The molecule has 0 aromatic heterocycles. The molecule has 0 rings (SSSR count). The van der Waals surface area contributed by atoms with Gasteiger partial charge in [0.15, 0.2) is 0 Å². The molecule has 0 radical (unpaired) electrons. The minimum absolute atomic E-state index is 0.144. The summed E-state index contributed by atoms with van der Waals surface area (Å²) in [6.07, 6.45) is 8.68. The van der Waals surface area contributed by atoms with Gasteiger partial charge >= 0.3 is 7.32 Å². The summed E-state index contributed by atoms with van der Waals surface area (Å²) >= 11 is 6.77. The van der Waals surface area contributed by atoms with E-state index in [1.54, 1.807) is 0 Å². The predicted octanol–water partition coefficient (Wildman–Crippen LogP) is 4.60. The predicted molar refractivity (Wildman–Crippen MR) is 83.9 cm³/mol. The van der Waals surface area contributed by atoms with Crippen LogP contribution < -0.4 is 0 Å². The zero-order valence-electron chi connectivity index (χ0n) is 11.4.